The van der Waals surface area contributed by atoms with Gasteiger partial charge in [0.1, 0.15) is 23.7 Å². The molecule has 0 saturated heterocycles. The number of hydrogen-bond donors (Lipinski definition) is 1. The molecule has 122 valence electrons. The number of benzene rings is 2. The summed E-state index contributed by atoms with van der Waals surface area (Å²) in [6.07, 6.45) is 1.32. The minimum absolute atomic E-state index is 0.247. The predicted molar refractivity (Wildman–Crippen MR) is 86.2 cm³/mol. The van der Waals surface area contributed by atoms with Gasteiger partial charge in [-0.15, -0.1) is 0 Å². The quantitative estimate of drug-likeness (QED) is 0.787. The number of nitrogens with zero attached hydrogens (tertiary/aromatic N) is 3. The van der Waals surface area contributed by atoms with E-state index in [1.807, 2.05) is 0 Å². The van der Waals surface area contributed by atoms with Crippen LogP contribution in [0, 0.1) is 18.6 Å². The molecule has 0 aliphatic heterocycles. The van der Waals surface area contributed by atoms with Gasteiger partial charge in [-0.1, -0.05) is 0 Å². The highest BCUT2D eigenvalue weighted by Crippen LogP contribution is 2.28. The average Bonchev–Trinajstić information content (AvgIpc) is 2.54. The predicted octanol–water partition coefficient (Wildman–Crippen LogP) is 3.88. The van der Waals surface area contributed by atoms with Crippen LogP contribution in [0.1, 0.15) is 5.56 Å². The van der Waals surface area contributed by atoms with Crippen molar-refractivity contribution in [2.75, 3.05) is 12.4 Å². The third-order valence-electron chi connectivity index (χ3n) is 3.27. The van der Waals surface area contributed by atoms with Crippen molar-refractivity contribution in [1.29, 1.82) is 0 Å². The lowest BCUT2D eigenvalue weighted by atomic mass is 10.2. The lowest BCUT2D eigenvalue weighted by molar-refractivity contribution is 0.412. The summed E-state index contributed by atoms with van der Waals surface area (Å²) < 4.78 is 31.9. The number of hydrogen-bond acceptors (Lipinski definition) is 5. The summed E-state index contributed by atoms with van der Waals surface area (Å²) in [7, 11) is 1.44. The van der Waals surface area contributed by atoms with Gasteiger partial charge in [-0.05, 0) is 42.8 Å². The van der Waals surface area contributed by atoms with E-state index in [4.69, 9.17) is 4.74 Å². The second-order valence-electron chi connectivity index (χ2n) is 5.12. The van der Waals surface area contributed by atoms with Crippen molar-refractivity contribution >= 4 is 11.6 Å². The van der Waals surface area contributed by atoms with Crippen LogP contribution in [0.25, 0.3) is 11.4 Å². The SMILES string of the molecule is COc1cc(F)ccc1-c1ncnc(Nc2cc(C)cc(F)c2)n1. The van der Waals surface area contributed by atoms with E-state index in [9.17, 15) is 8.78 Å². The molecule has 0 unspecified atom stereocenters. The van der Waals surface area contributed by atoms with E-state index >= 15 is 0 Å². The average molecular weight is 328 g/mol. The first-order valence-electron chi connectivity index (χ1n) is 7.12. The first-order chi connectivity index (χ1) is 11.5. The zero-order valence-corrected chi connectivity index (χ0v) is 13.0. The molecule has 1 N–H and O–H groups in total. The Morgan fingerprint density at radius 3 is 2.58 bits per heavy atom. The van der Waals surface area contributed by atoms with Crippen LogP contribution in [0.5, 0.6) is 5.75 Å². The number of aryl methyl sites for hydroxylation is 1. The summed E-state index contributed by atoms with van der Waals surface area (Å²) in [6, 6.07) is 8.61. The normalized spacial score (nSPS) is 10.5. The molecule has 1 aromatic heterocycles. The highest BCUT2D eigenvalue weighted by molar-refractivity contribution is 5.65. The first-order valence-corrected chi connectivity index (χ1v) is 7.12. The molecule has 3 rings (SSSR count). The molecular formula is C17H14F2N4O. The molecule has 0 radical (unpaired) electrons. The van der Waals surface area contributed by atoms with Crippen molar-refractivity contribution < 1.29 is 13.5 Å². The maximum Gasteiger partial charge on any atom is 0.230 e. The van der Waals surface area contributed by atoms with Crippen LogP contribution in [0.4, 0.5) is 20.4 Å². The summed E-state index contributed by atoms with van der Waals surface area (Å²) in [5, 5.41) is 2.93. The summed E-state index contributed by atoms with van der Waals surface area (Å²) in [4.78, 5) is 12.4. The van der Waals surface area contributed by atoms with Crippen LogP contribution in [-0.2, 0) is 0 Å². The zero-order valence-electron chi connectivity index (χ0n) is 13.0. The summed E-state index contributed by atoms with van der Waals surface area (Å²) in [5.41, 5.74) is 1.82. The van der Waals surface area contributed by atoms with E-state index in [1.54, 1.807) is 13.0 Å². The second-order valence-corrected chi connectivity index (χ2v) is 5.12. The molecule has 0 saturated carbocycles. The van der Waals surface area contributed by atoms with Crippen molar-refractivity contribution in [1.82, 2.24) is 15.0 Å². The van der Waals surface area contributed by atoms with Gasteiger partial charge >= 0.3 is 0 Å². The van der Waals surface area contributed by atoms with Gasteiger partial charge in [-0.3, -0.25) is 0 Å². The number of halogens is 2. The number of anilines is 2. The van der Waals surface area contributed by atoms with Gasteiger partial charge in [0.05, 0.1) is 12.7 Å². The van der Waals surface area contributed by atoms with Crippen molar-refractivity contribution in [3.63, 3.8) is 0 Å². The molecule has 3 aromatic rings. The number of rotatable bonds is 4. The van der Waals surface area contributed by atoms with Gasteiger partial charge in [0.2, 0.25) is 5.95 Å². The fourth-order valence-corrected chi connectivity index (χ4v) is 2.27. The highest BCUT2D eigenvalue weighted by Gasteiger charge is 2.11. The molecule has 2 aromatic carbocycles. The monoisotopic (exact) mass is 328 g/mol. The van der Waals surface area contributed by atoms with Gasteiger partial charge in [0.25, 0.3) is 0 Å². The van der Waals surface area contributed by atoms with Gasteiger partial charge in [0, 0.05) is 11.8 Å². The van der Waals surface area contributed by atoms with Gasteiger partial charge in [-0.25, -0.2) is 18.7 Å². The number of nitrogens with one attached hydrogen (secondary N) is 1. The summed E-state index contributed by atoms with van der Waals surface area (Å²) in [6.45, 7) is 1.79. The highest BCUT2D eigenvalue weighted by atomic mass is 19.1. The zero-order chi connectivity index (χ0) is 17.1. The molecule has 0 aliphatic rings. The number of methoxy groups -OCH3 is 1. The molecule has 0 aliphatic carbocycles. The van der Waals surface area contributed by atoms with E-state index in [2.05, 4.69) is 20.3 Å². The molecule has 0 fully saturated rings. The van der Waals surface area contributed by atoms with E-state index in [-0.39, 0.29) is 11.8 Å². The summed E-state index contributed by atoms with van der Waals surface area (Å²) in [5.74, 6) is 0.104. The molecule has 5 nitrogen and oxygen atoms in total. The van der Waals surface area contributed by atoms with Crippen molar-refractivity contribution in [3.05, 3.63) is 59.9 Å². The van der Waals surface area contributed by atoms with Crippen LogP contribution in [-0.4, -0.2) is 22.1 Å². The molecule has 1 heterocycles. The molecule has 0 spiro atoms. The maximum atomic E-state index is 13.5. The fraction of sp³-hybridized carbons (Fsp3) is 0.118. The topological polar surface area (TPSA) is 59.9 Å². The third kappa shape index (κ3) is 3.45. The Morgan fingerprint density at radius 1 is 1.00 bits per heavy atom. The van der Waals surface area contributed by atoms with Crippen LogP contribution in [0.2, 0.25) is 0 Å². The largest absolute Gasteiger partial charge is 0.496 e. The van der Waals surface area contributed by atoms with Crippen LogP contribution in [0.15, 0.2) is 42.7 Å². The van der Waals surface area contributed by atoms with Gasteiger partial charge in [0.15, 0.2) is 5.82 Å². The van der Waals surface area contributed by atoms with Gasteiger partial charge in [-0.2, -0.15) is 4.98 Å². The Balaban J connectivity index is 1.95. The second kappa shape index (κ2) is 6.57. The fourth-order valence-electron chi connectivity index (χ4n) is 2.27. The minimum Gasteiger partial charge on any atom is -0.496 e. The summed E-state index contributed by atoms with van der Waals surface area (Å²) >= 11 is 0. The van der Waals surface area contributed by atoms with E-state index < -0.39 is 5.82 Å². The van der Waals surface area contributed by atoms with E-state index in [0.29, 0.717) is 22.8 Å². The molecule has 7 heteroatoms. The Bertz CT molecular complexity index is 866. The van der Waals surface area contributed by atoms with Crippen LogP contribution >= 0.6 is 0 Å². The molecule has 0 amide bonds. The number of ether oxygens (including phenoxy) is 1. The van der Waals surface area contributed by atoms with Gasteiger partial charge < -0.3 is 10.1 Å². The lowest BCUT2D eigenvalue weighted by Gasteiger charge is -2.09. The lowest BCUT2D eigenvalue weighted by Crippen LogP contribution is -2.01. The maximum absolute atomic E-state index is 13.5. The number of aromatic nitrogens is 3. The van der Waals surface area contributed by atoms with E-state index in [1.165, 1.54) is 43.8 Å². The molecule has 24 heavy (non-hydrogen) atoms. The first kappa shape index (κ1) is 15.8. The molecule has 0 bridgehead atoms. The molecule has 0 atom stereocenters. The standard InChI is InChI=1S/C17H14F2N4O/c1-10-5-12(19)7-13(6-10)22-17-21-9-20-16(23-17)14-4-3-11(18)8-15(14)24-2/h3-9H,1-2H3,(H,20,21,22,23). The van der Waals surface area contributed by atoms with E-state index in [0.717, 1.165) is 5.56 Å². The Kier molecular flexibility index (Phi) is 4.33. The van der Waals surface area contributed by atoms with Crippen molar-refractivity contribution in [2.45, 2.75) is 6.92 Å². The van der Waals surface area contributed by atoms with Crippen molar-refractivity contribution in [3.8, 4) is 17.1 Å². The Hall–Kier alpha value is -3.09. The van der Waals surface area contributed by atoms with Crippen LogP contribution in [0.3, 0.4) is 0 Å². The minimum atomic E-state index is -0.418. The smallest absolute Gasteiger partial charge is 0.230 e. The Labute approximate surface area is 137 Å². The third-order valence-corrected chi connectivity index (χ3v) is 3.27. The molecular weight excluding hydrogens is 314 g/mol. The van der Waals surface area contributed by atoms with Crippen LogP contribution < -0.4 is 10.1 Å². The van der Waals surface area contributed by atoms with Crippen molar-refractivity contribution in [2.24, 2.45) is 0 Å². The Morgan fingerprint density at radius 2 is 1.83 bits per heavy atom.